The Kier molecular flexibility index (Phi) is 4.00. The summed E-state index contributed by atoms with van der Waals surface area (Å²) in [6, 6.07) is 0. The molecule has 2 N–H and O–H groups in total. The fraction of sp³-hybridized carbons (Fsp3) is 0.571. The largest absolute Gasteiger partial charge is 0.229 e. The Hall–Kier alpha value is -0.730. The van der Waals surface area contributed by atoms with Crippen LogP contribution in [0.4, 0.5) is 0 Å². The molecule has 8 heteroatoms. The monoisotopic (exact) mass is 248 g/mol. The molecule has 0 fully saturated rings. The first-order chi connectivity index (χ1) is 6.88. The maximum Gasteiger partial charge on any atom is 0.209 e. The summed E-state index contributed by atoms with van der Waals surface area (Å²) in [5.41, 5.74) is 1.56. The zero-order valence-corrected chi connectivity index (χ0v) is 10.1. The topological polar surface area (TPSA) is 98.8 Å². The van der Waals surface area contributed by atoms with Crippen molar-refractivity contribution in [2.45, 2.75) is 19.0 Å². The summed E-state index contributed by atoms with van der Waals surface area (Å²) in [5, 5.41) is 13.0. The Balaban J connectivity index is 2.55. The summed E-state index contributed by atoms with van der Waals surface area (Å²) < 4.78 is 21.3. The molecule has 1 heterocycles. The molecule has 6 nitrogen and oxygen atoms in total. The van der Waals surface area contributed by atoms with Crippen LogP contribution in [-0.2, 0) is 10.0 Å². The van der Waals surface area contributed by atoms with E-state index < -0.39 is 10.0 Å². The number of thioether (sulfide) groups is 1. The molecule has 0 saturated carbocycles. The van der Waals surface area contributed by atoms with Crippen molar-refractivity contribution < 1.29 is 8.42 Å². The second-order valence-electron chi connectivity index (χ2n) is 2.98. The van der Waals surface area contributed by atoms with Gasteiger partial charge in [-0.15, -0.1) is 5.10 Å². The van der Waals surface area contributed by atoms with E-state index in [9.17, 15) is 8.42 Å². The van der Waals surface area contributed by atoms with Gasteiger partial charge in [-0.3, -0.25) is 0 Å². The first-order valence-corrected chi connectivity index (χ1v) is 6.90. The maximum absolute atomic E-state index is 10.7. The number of primary sulfonamides is 1. The quantitative estimate of drug-likeness (QED) is 0.745. The van der Waals surface area contributed by atoms with Crippen LogP contribution in [0.25, 0.3) is 0 Å². The molecule has 1 rings (SSSR count). The predicted octanol–water partition coefficient (Wildman–Crippen LogP) is -0.131. The summed E-state index contributed by atoms with van der Waals surface area (Å²) in [6.07, 6.45) is 0. The van der Waals surface area contributed by atoms with Crippen LogP contribution in [-0.4, -0.2) is 35.1 Å². The average molecular weight is 248 g/mol. The molecule has 0 atom stereocenters. The minimum atomic E-state index is -3.41. The molecule has 0 amide bonds. The van der Waals surface area contributed by atoms with Gasteiger partial charge in [-0.1, -0.05) is 11.8 Å². The molecule has 84 valence electrons. The van der Waals surface area contributed by atoms with Gasteiger partial charge in [-0.2, -0.15) is 5.10 Å². The molecule has 1 aromatic heterocycles. The Morgan fingerprint density at radius 2 is 1.93 bits per heavy atom. The number of nitrogens with two attached hydrogens (primary N) is 1. The van der Waals surface area contributed by atoms with Crippen LogP contribution in [0.2, 0.25) is 0 Å². The van der Waals surface area contributed by atoms with Crippen LogP contribution in [0.3, 0.4) is 0 Å². The van der Waals surface area contributed by atoms with Gasteiger partial charge < -0.3 is 0 Å². The molecule has 0 aliphatic heterocycles. The van der Waals surface area contributed by atoms with Gasteiger partial charge in [-0.05, 0) is 13.8 Å². The third kappa shape index (κ3) is 4.54. The van der Waals surface area contributed by atoms with Crippen LogP contribution in [0, 0.1) is 13.8 Å². The van der Waals surface area contributed by atoms with Crippen LogP contribution in [0.15, 0.2) is 5.16 Å². The van der Waals surface area contributed by atoms with Gasteiger partial charge in [-0.25, -0.2) is 18.5 Å². The van der Waals surface area contributed by atoms with Gasteiger partial charge in [0.25, 0.3) is 0 Å². The zero-order valence-electron chi connectivity index (χ0n) is 8.47. The SMILES string of the molecule is Cc1nnc(SCCS(N)(=O)=O)nc1C. The first kappa shape index (κ1) is 12.3. The van der Waals surface area contributed by atoms with E-state index in [1.54, 1.807) is 0 Å². The Bertz CT molecular complexity index is 446. The molecule has 1 aromatic rings. The second-order valence-corrected chi connectivity index (χ2v) is 5.78. The van der Waals surface area contributed by atoms with Crippen LogP contribution >= 0.6 is 11.8 Å². The lowest BCUT2D eigenvalue weighted by Gasteiger charge is -2.00. The van der Waals surface area contributed by atoms with Gasteiger partial charge >= 0.3 is 0 Å². The summed E-state index contributed by atoms with van der Waals surface area (Å²) in [6.45, 7) is 3.64. The molecule has 15 heavy (non-hydrogen) atoms. The first-order valence-electron chi connectivity index (χ1n) is 4.19. The molecule has 0 saturated heterocycles. The fourth-order valence-corrected chi connectivity index (χ4v) is 2.49. The van der Waals surface area contributed by atoms with Gasteiger partial charge in [0.05, 0.1) is 17.1 Å². The minimum absolute atomic E-state index is 0.0893. The highest BCUT2D eigenvalue weighted by Gasteiger charge is 2.06. The van der Waals surface area contributed by atoms with E-state index in [-0.39, 0.29) is 5.75 Å². The lowest BCUT2D eigenvalue weighted by Crippen LogP contribution is -2.18. The highest BCUT2D eigenvalue weighted by molar-refractivity contribution is 8.00. The van der Waals surface area contributed by atoms with E-state index in [2.05, 4.69) is 15.2 Å². The highest BCUT2D eigenvalue weighted by Crippen LogP contribution is 2.12. The van der Waals surface area contributed by atoms with Crippen molar-refractivity contribution in [2.75, 3.05) is 11.5 Å². The molecular formula is C7H12N4O2S2. The van der Waals surface area contributed by atoms with Gasteiger partial charge in [0.1, 0.15) is 0 Å². The predicted molar refractivity (Wildman–Crippen MR) is 58.0 cm³/mol. The van der Waals surface area contributed by atoms with E-state index in [4.69, 9.17) is 5.14 Å². The van der Waals surface area contributed by atoms with Crippen molar-refractivity contribution in [3.63, 3.8) is 0 Å². The maximum atomic E-state index is 10.7. The Morgan fingerprint density at radius 1 is 1.27 bits per heavy atom. The Morgan fingerprint density at radius 3 is 2.47 bits per heavy atom. The lowest BCUT2D eigenvalue weighted by atomic mass is 10.4. The van der Waals surface area contributed by atoms with Crippen molar-refractivity contribution in [3.05, 3.63) is 11.4 Å². The van der Waals surface area contributed by atoms with Crippen molar-refractivity contribution in [2.24, 2.45) is 5.14 Å². The number of rotatable bonds is 4. The molecule has 0 unspecified atom stereocenters. The van der Waals surface area contributed by atoms with E-state index in [0.29, 0.717) is 10.9 Å². The van der Waals surface area contributed by atoms with Crippen LogP contribution in [0.5, 0.6) is 0 Å². The molecule has 0 aromatic carbocycles. The molecule has 0 aliphatic carbocycles. The summed E-state index contributed by atoms with van der Waals surface area (Å²) in [5.74, 6) is 0.247. The van der Waals surface area contributed by atoms with E-state index >= 15 is 0 Å². The molecule has 0 aliphatic rings. The van der Waals surface area contributed by atoms with Crippen LogP contribution < -0.4 is 5.14 Å². The number of nitrogens with zero attached hydrogens (tertiary/aromatic N) is 3. The smallest absolute Gasteiger partial charge is 0.209 e. The van der Waals surface area contributed by atoms with Crippen molar-refractivity contribution in [1.82, 2.24) is 15.2 Å². The lowest BCUT2D eigenvalue weighted by molar-refractivity contribution is 0.599. The highest BCUT2D eigenvalue weighted by atomic mass is 32.2. The van der Waals surface area contributed by atoms with E-state index in [1.165, 1.54) is 11.8 Å². The summed E-state index contributed by atoms with van der Waals surface area (Å²) in [4.78, 5) is 4.15. The molecule has 0 spiro atoms. The van der Waals surface area contributed by atoms with Crippen molar-refractivity contribution in [1.29, 1.82) is 0 Å². The molecule has 0 radical (unpaired) electrons. The minimum Gasteiger partial charge on any atom is -0.229 e. The normalized spacial score (nSPS) is 11.7. The third-order valence-corrected chi connectivity index (χ3v) is 3.54. The molecular weight excluding hydrogens is 236 g/mol. The van der Waals surface area contributed by atoms with E-state index in [0.717, 1.165) is 11.4 Å². The van der Waals surface area contributed by atoms with E-state index in [1.807, 2.05) is 13.8 Å². The molecule has 0 bridgehead atoms. The van der Waals surface area contributed by atoms with Gasteiger partial charge in [0.15, 0.2) is 0 Å². The number of aryl methyl sites for hydroxylation is 2. The second kappa shape index (κ2) is 4.86. The summed E-state index contributed by atoms with van der Waals surface area (Å²) in [7, 11) is -3.41. The number of hydrogen-bond acceptors (Lipinski definition) is 6. The third-order valence-electron chi connectivity index (χ3n) is 1.67. The Labute approximate surface area is 92.7 Å². The number of aromatic nitrogens is 3. The average Bonchev–Trinajstić information content (AvgIpc) is 2.09. The fourth-order valence-electron chi connectivity index (χ4n) is 0.747. The van der Waals surface area contributed by atoms with Gasteiger partial charge in [0, 0.05) is 5.75 Å². The van der Waals surface area contributed by atoms with Crippen molar-refractivity contribution in [3.8, 4) is 0 Å². The summed E-state index contributed by atoms with van der Waals surface area (Å²) >= 11 is 1.23. The van der Waals surface area contributed by atoms with Crippen LogP contribution in [0.1, 0.15) is 11.4 Å². The van der Waals surface area contributed by atoms with Gasteiger partial charge in [0.2, 0.25) is 15.2 Å². The number of sulfonamides is 1. The number of hydrogen-bond donors (Lipinski definition) is 1. The zero-order chi connectivity index (χ0) is 11.5. The standard InChI is InChI=1S/C7H12N4O2S2/c1-5-6(2)10-11-7(9-5)14-3-4-15(8,12)13/h3-4H2,1-2H3,(H2,8,12,13). The van der Waals surface area contributed by atoms with Crippen molar-refractivity contribution >= 4 is 21.8 Å².